The fourth-order valence-corrected chi connectivity index (χ4v) is 2.76. The van der Waals surface area contributed by atoms with Gasteiger partial charge in [-0.2, -0.15) is 0 Å². The fraction of sp³-hybridized carbons (Fsp3) is 0.900. The van der Waals surface area contributed by atoms with Gasteiger partial charge in [-0.3, -0.25) is 9.59 Å². The molecule has 5 nitrogen and oxygen atoms in total. The molecule has 0 heterocycles. The molecular formula is C20H39NO4. The van der Waals surface area contributed by atoms with Crippen molar-refractivity contribution >= 4 is 11.9 Å². The van der Waals surface area contributed by atoms with Crippen LogP contribution in [0, 0.1) is 0 Å². The Balaban J connectivity index is 3.76. The average Bonchev–Trinajstić information content (AvgIpc) is 2.59. The van der Waals surface area contributed by atoms with E-state index in [1.807, 2.05) is 0 Å². The highest BCUT2D eigenvalue weighted by molar-refractivity contribution is 5.82. The Bertz CT molecular complexity index is 334. The Morgan fingerprint density at radius 1 is 0.760 bits per heavy atom. The van der Waals surface area contributed by atoms with Crippen molar-refractivity contribution in [3.8, 4) is 0 Å². The molecule has 1 N–H and O–H groups in total. The molecule has 0 saturated carbocycles. The van der Waals surface area contributed by atoms with Crippen LogP contribution >= 0.6 is 0 Å². The number of ether oxygens (including phenoxy) is 2. The first-order chi connectivity index (χ1) is 12.2. The van der Waals surface area contributed by atoms with Crippen LogP contribution in [-0.2, 0) is 19.1 Å². The SMILES string of the molecule is CCCCCCCCCCCCNC(CC(=O)OCC)C(=O)OCC. The van der Waals surface area contributed by atoms with Gasteiger partial charge in [-0.25, -0.2) is 0 Å². The number of esters is 2. The number of carbonyl (C=O) groups excluding carboxylic acids is 2. The molecule has 0 aliphatic carbocycles. The number of hydrogen-bond acceptors (Lipinski definition) is 5. The maximum Gasteiger partial charge on any atom is 0.323 e. The van der Waals surface area contributed by atoms with Crippen molar-refractivity contribution < 1.29 is 19.1 Å². The lowest BCUT2D eigenvalue weighted by Crippen LogP contribution is -2.40. The van der Waals surface area contributed by atoms with Crippen molar-refractivity contribution in [3.05, 3.63) is 0 Å². The monoisotopic (exact) mass is 357 g/mol. The van der Waals surface area contributed by atoms with E-state index in [0.717, 1.165) is 19.4 Å². The van der Waals surface area contributed by atoms with Crippen LogP contribution in [0.3, 0.4) is 0 Å². The number of unbranched alkanes of at least 4 members (excludes halogenated alkanes) is 9. The van der Waals surface area contributed by atoms with Gasteiger partial charge in [0.2, 0.25) is 0 Å². The predicted molar refractivity (Wildman–Crippen MR) is 102 cm³/mol. The van der Waals surface area contributed by atoms with Crippen molar-refractivity contribution in [3.63, 3.8) is 0 Å². The third kappa shape index (κ3) is 14.9. The molecule has 0 rings (SSSR count). The topological polar surface area (TPSA) is 64.6 Å². The first-order valence-electron chi connectivity index (χ1n) is 10.2. The van der Waals surface area contributed by atoms with Crippen molar-refractivity contribution in [1.82, 2.24) is 5.32 Å². The highest BCUT2D eigenvalue weighted by Gasteiger charge is 2.23. The summed E-state index contributed by atoms with van der Waals surface area (Å²) in [5.74, 6) is -0.737. The quantitative estimate of drug-likeness (QED) is 0.309. The average molecular weight is 358 g/mol. The molecule has 0 aliphatic heterocycles. The Kier molecular flexibility index (Phi) is 16.9. The summed E-state index contributed by atoms with van der Waals surface area (Å²) in [7, 11) is 0. The van der Waals surface area contributed by atoms with Gasteiger partial charge in [0.25, 0.3) is 0 Å². The Hall–Kier alpha value is -1.10. The molecule has 0 aromatic rings. The summed E-state index contributed by atoms with van der Waals surface area (Å²) >= 11 is 0. The van der Waals surface area contributed by atoms with E-state index in [2.05, 4.69) is 12.2 Å². The van der Waals surface area contributed by atoms with Crippen LogP contribution in [0.2, 0.25) is 0 Å². The van der Waals surface area contributed by atoms with Crippen LogP contribution in [0.5, 0.6) is 0 Å². The van der Waals surface area contributed by atoms with Crippen LogP contribution in [0.25, 0.3) is 0 Å². The highest BCUT2D eigenvalue weighted by atomic mass is 16.5. The van der Waals surface area contributed by atoms with Crippen LogP contribution in [0.1, 0.15) is 91.4 Å². The Labute approximate surface area is 154 Å². The summed E-state index contributed by atoms with van der Waals surface area (Å²) in [4.78, 5) is 23.5. The van der Waals surface area contributed by atoms with Gasteiger partial charge >= 0.3 is 11.9 Å². The van der Waals surface area contributed by atoms with Gasteiger partial charge in [-0.15, -0.1) is 0 Å². The first kappa shape index (κ1) is 23.9. The largest absolute Gasteiger partial charge is 0.466 e. The maximum absolute atomic E-state index is 11.9. The van der Waals surface area contributed by atoms with E-state index in [9.17, 15) is 9.59 Å². The molecule has 5 heteroatoms. The molecule has 0 spiro atoms. The van der Waals surface area contributed by atoms with E-state index in [1.54, 1.807) is 13.8 Å². The minimum absolute atomic E-state index is 0.0322. The summed E-state index contributed by atoms with van der Waals surface area (Å²) in [6.45, 7) is 7.13. The molecule has 0 bridgehead atoms. The molecule has 0 fully saturated rings. The molecule has 25 heavy (non-hydrogen) atoms. The molecule has 1 atom stereocenters. The normalized spacial score (nSPS) is 12.0. The van der Waals surface area contributed by atoms with E-state index < -0.39 is 6.04 Å². The summed E-state index contributed by atoms with van der Waals surface area (Å²) in [5.41, 5.74) is 0. The number of hydrogen-bond donors (Lipinski definition) is 1. The molecular weight excluding hydrogens is 318 g/mol. The lowest BCUT2D eigenvalue weighted by Gasteiger charge is -2.16. The standard InChI is InChI=1S/C20H39NO4/c1-4-7-8-9-10-11-12-13-14-15-16-21-18(20(23)25-6-3)17-19(22)24-5-2/h18,21H,4-17H2,1-3H3. The minimum Gasteiger partial charge on any atom is -0.466 e. The van der Waals surface area contributed by atoms with Gasteiger partial charge in [-0.05, 0) is 26.8 Å². The summed E-state index contributed by atoms with van der Waals surface area (Å²) in [5, 5.41) is 3.14. The molecule has 0 aromatic heterocycles. The molecule has 0 aliphatic rings. The molecule has 0 aromatic carbocycles. The van der Waals surface area contributed by atoms with Crippen LogP contribution in [0.4, 0.5) is 0 Å². The minimum atomic E-state index is -0.599. The van der Waals surface area contributed by atoms with Gasteiger partial charge in [0, 0.05) is 0 Å². The molecule has 1 unspecified atom stereocenters. The van der Waals surface area contributed by atoms with Gasteiger partial charge in [-0.1, -0.05) is 64.7 Å². The van der Waals surface area contributed by atoms with E-state index in [0.29, 0.717) is 13.2 Å². The van der Waals surface area contributed by atoms with Gasteiger partial charge in [0.05, 0.1) is 19.6 Å². The van der Waals surface area contributed by atoms with E-state index >= 15 is 0 Å². The Morgan fingerprint density at radius 3 is 1.80 bits per heavy atom. The van der Waals surface area contributed by atoms with E-state index in [1.165, 1.54) is 51.4 Å². The zero-order valence-corrected chi connectivity index (χ0v) is 16.6. The van der Waals surface area contributed by atoms with Gasteiger partial charge < -0.3 is 14.8 Å². The number of rotatable bonds is 17. The second kappa shape index (κ2) is 17.7. The highest BCUT2D eigenvalue weighted by Crippen LogP contribution is 2.10. The smallest absolute Gasteiger partial charge is 0.323 e. The van der Waals surface area contributed by atoms with Crippen molar-refractivity contribution in [2.24, 2.45) is 0 Å². The van der Waals surface area contributed by atoms with Crippen molar-refractivity contribution in [2.45, 2.75) is 97.4 Å². The van der Waals surface area contributed by atoms with Crippen LogP contribution in [0.15, 0.2) is 0 Å². The molecule has 0 amide bonds. The van der Waals surface area contributed by atoms with Crippen LogP contribution in [-0.4, -0.2) is 37.7 Å². The Morgan fingerprint density at radius 2 is 1.28 bits per heavy atom. The maximum atomic E-state index is 11.9. The second-order valence-electron chi connectivity index (χ2n) is 6.45. The number of carbonyl (C=O) groups is 2. The van der Waals surface area contributed by atoms with Gasteiger partial charge in [0.15, 0.2) is 0 Å². The second-order valence-corrected chi connectivity index (χ2v) is 6.45. The molecule has 148 valence electrons. The van der Waals surface area contributed by atoms with Crippen molar-refractivity contribution in [1.29, 1.82) is 0 Å². The van der Waals surface area contributed by atoms with E-state index in [-0.39, 0.29) is 18.4 Å². The lowest BCUT2D eigenvalue weighted by atomic mass is 10.1. The summed E-state index contributed by atoms with van der Waals surface area (Å²) < 4.78 is 9.95. The van der Waals surface area contributed by atoms with Crippen molar-refractivity contribution in [2.75, 3.05) is 19.8 Å². The lowest BCUT2D eigenvalue weighted by molar-refractivity contribution is -0.152. The third-order valence-corrected chi connectivity index (χ3v) is 4.17. The number of nitrogens with one attached hydrogen (secondary N) is 1. The first-order valence-corrected chi connectivity index (χ1v) is 10.2. The summed E-state index contributed by atoms with van der Waals surface area (Å²) in [6.07, 6.45) is 12.8. The zero-order chi connectivity index (χ0) is 18.8. The predicted octanol–water partition coefficient (Wildman–Crippen LogP) is 4.38. The summed E-state index contributed by atoms with van der Waals surface area (Å²) in [6, 6.07) is -0.599. The van der Waals surface area contributed by atoms with Gasteiger partial charge in [0.1, 0.15) is 6.04 Å². The molecule has 0 radical (unpaired) electrons. The van der Waals surface area contributed by atoms with E-state index in [4.69, 9.17) is 9.47 Å². The zero-order valence-electron chi connectivity index (χ0n) is 16.6. The van der Waals surface area contributed by atoms with Crippen LogP contribution < -0.4 is 5.32 Å². The fourth-order valence-electron chi connectivity index (χ4n) is 2.76. The third-order valence-electron chi connectivity index (χ3n) is 4.17. The molecule has 0 saturated heterocycles.